The molecule has 4 rings (SSSR count). The van der Waals surface area contributed by atoms with Crippen LogP contribution in [-0.2, 0) is 11.3 Å². The molecule has 0 radical (unpaired) electrons. The van der Waals surface area contributed by atoms with E-state index in [2.05, 4.69) is 42.9 Å². The van der Waals surface area contributed by atoms with Gasteiger partial charge in [0.2, 0.25) is 5.95 Å². The Labute approximate surface area is 175 Å². The maximum atomic E-state index is 12.1. The molecule has 2 atom stereocenters. The van der Waals surface area contributed by atoms with Crippen molar-refractivity contribution in [2.75, 3.05) is 18.5 Å². The molecule has 0 aliphatic carbocycles. The van der Waals surface area contributed by atoms with Crippen molar-refractivity contribution in [1.82, 2.24) is 24.4 Å². The predicted molar refractivity (Wildman–Crippen MR) is 111 cm³/mol. The number of carbonyl (C=O) groups excluding carboxylic acids is 1. The summed E-state index contributed by atoms with van der Waals surface area (Å²) in [4.78, 5) is 27.0. The van der Waals surface area contributed by atoms with Crippen LogP contribution in [0.4, 0.5) is 10.7 Å². The van der Waals surface area contributed by atoms with E-state index in [1.807, 2.05) is 23.6 Å². The number of piperidine rings is 1. The van der Waals surface area contributed by atoms with Crippen molar-refractivity contribution in [3.05, 3.63) is 36.7 Å². The number of alkyl halides is 1. The molecule has 1 N–H and O–H groups in total. The molecule has 2 unspecified atom stereocenters. The highest BCUT2D eigenvalue weighted by atomic mass is 127. The second-order valence-electron chi connectivity index (χ2n) is 6.52. The third kappa shape index (κ3) is 3.91. The molecule has 0 saturated carbocycles. The number of rotatable bonds is 5. The van der Waals surface area contributed by atoms with E-state index in [4.69, 9.17) is 9.15 Å². The zero-order valence-electron chi connectivity index (χ0n) is 15.4. The first-order valence-corrected chi connectivity index (χ1v) is 10.4. The monoisotopic (exact) mass is 496 g/mol. The van der Waals surface area contributed by atoms with Crippen molar-refractivity contribution in [1.29, 1.82) is 0 Å². The number of halogens is 1. The lowest BCUT2D eigenvalue weighted by Gasteiger charge is -2.36. The zero-order chi connectivity index (χ0) is 19.5. The average Bonchev–Trinajstić information content (AvgIpc) is 3.31. The molecule has 3 aromatic heterocycles. The van der Waals surface area contributed by atoms with Crippen LogP contribution in [0.3, 0.4) is 0 Å². The average molecular weight is 496 g/mol. The Hall–Kier alpha value is -2.37. The minimum absolute atomic E-state index is 0.0607. The molecule has 0 aromatic carbocycles. The van der Waals surface area contributed by atoms with E-state index < -0.39 is 0 Å². The molecule has 0 spiro atoms. The number of imidazole rings is 1. The van der Waals surface area contributed by atoms with Crippen molar-refractivity contribution in [3.63, 3.8) is 0 Å². The molecule has 1 aliphatic rings. The number of anilines is 1. The molecule has 0 bridgehead atoms. The van der Waals surface area contributed by atoms with Crippen LogP contribution >= 0.6 is 22.6 Å². The Balaban J connectivity index is 1.53. The van der Waals surface area contributed by atoms with Crippen molar-refractivity contribution in [2.45, 2.75) is 36.4 Å². The van der Waals surface area contributed by atoms with Gasteiger partial charge in [0.25, 0.3) is 0 Å². The lowest BCUT2D eigenvalue weighted by Crippen LogP contribution is -2.47. The molecule has 1 saturated heterocycles. The fraction of sp³-hybridized carbons (Fsp3) is 0.444. The van der Waals surface area contributed by atoms with Gasteiger partial charge in [-0.25, -0.2) is 19.7 Å². The number of ether oxygens (including phenoxy) is 1. The normalized spacial score (nSPS) is 19.7. The van der Waals surface area contributed by atoms with Gasteiger partial charge in [-0.1, -0.05) is 22.6 Å². The zero-order valence-corrected chi connectivity index (χ0v) is 17.6. The second kappa shape index (κ2) is 8.33. The molecule has 1 aliphatic heterocycles. The highest BCUT2D eigenvalue weighted by Crippen LogP contribution is 2.27. The third-order valence-electron chi connectivity index (χ3n) is 4.68. The lowest BCUT2D eigenvalue weighted by atomic mass is 10.1. The van der Waals surface area contributed by atoms with Gasteiger partial charge in [0.1, 0.15) is 17.6 Å². The molecule has 1 amide bonds. The third-order valence-corrected chi connectivity index (χ3v) is 5.86. The highest BCUT2D eigenvalue weighted by molar-refractivity contribution is 14.1. The van der Waals surface area contributed by atoms with Gasteiger partial charge in [-0.05, 0) is 31.9 Å². The van der Waals surface area contributed by atoms with Crippen LogP contribution in [0.1, 0.15) is 25.5 Å². The number of aromatic nitrogens is 4. The summed E-state index contributed by atoms with van der Waals surface area (Å²) < 4.78 is 12.7. The molecule has 9 nitrogen and oxygen atoms in total. The van der Waals surface area contributed by atoms with Crippen molar-refractivity contribution < 1.29 is 13.9 Å². The molecule has 1 fully saturated rings. The highest BCUT2D eigenvalue weighted by Gasteiger charge is 2.31. The fourth-order valence-corrected chi connectivity index (χ4v) is 4.46. The molecular formula is C18H21IN6O3. The predicted octanol–water partition coefficient (Wildman–Crippen LogP) is 3.26. The standard InChI is InChI=1S/C18H21IN6O3/c1-2-27-18(26)24-6-5-12(8-15(24)19)22-17-23-14-9-20-11-21-16(14)25(17)10-13-4-3-7-28-13/h3-4,7,9,11-12,15H,2,5-6,8,10H2,1H3,(H,22,23). The maximum Gasteiger partial charge on any atom is 0.410 e. The van der Waals surface area contributed by atoms with Crippen LogP contribution < -0.4 is 5.32 Å². The van der Waals surface area contributed by atoms with E-state index in [0.717, 1.165) is 35.7 Å². The number of nitrogens with zero attached hydrogens (tertiary/aromatic N) is 5. The topological polar surface area (TPSA) is 98.3 Å². The summed E-state index contributed by atoms with van der Waals surface area (Å²) in [5.74, 6) is 1.55. The van der Waals surface area contributed by atoms with E-state index in [0.29, 0.717) is 19.7 Å². The number of nitrogens with one attached hydrogen (secondary N) is 1. The van der Waals surface area contributed by atoms with Crippen molar-refractivity contribution >= 4 is 45.8 Å². The maximum absolute atomic E-state index is 12.1. The molecular weight excluding hydrogens is 475 g/mol. The first kappa shape index (κ1) is 19.0. The Morgan fingerprint density at radius 2 is 2.39 bits per heavy atom. The van der Waals surface area contributed by atoms with Crippen molar-refractivity contribution in [2.24, 2.45) is 0 Å². The second-order valence-corrected chi connectivity index (χ2v) is 7.96. The molecule has 3 aromatic rings. The van der Waals surface area contributed by atoms with Crippen molar-refractivity contribution in [3.8, 4) is 0 Å². The SMILES string of the molecule is CCOC(=O)N1CCC(Nc2nc3cncnc3n2Cc2ccco2)CC1I. The number of carbonyl (C=O) groups is 1. The van der Waals surface area contributed by atoms with Gasteiger partial charge in [0, 0.05) is 12.6 Å². The minimum Gasteiger partial charge on any atom is -0.467 e. The Kier molecular flexibility index (Phi) is 5.64. The van der Waals surface area contributed by atoms with Crippen LogP contribution in [-0.4, -0.2) is 53.8 Å². The van der Waals surface area contributed by atoms with Gasteiger partial charge in [0.05, 0.1) is 29.7 Å². The molecule has 4 heterocycles. The van der Waals surface area contributed by atoms with E-state index in [1.165, 1.54) is 6.33 Å². The van der Waals surface area contributed by atoms with Crippen LogP contribution in [0.15, 0.2) is 35.3 Å². The number of furan rings is 1. The van der Waals surface area contributed by atoms with Crippen LogP contribution in [0.25, 0.3) is 11.2 Å². The number of likely N-dealkylation sites (tertiary alicyclic amines) is 1. The lowest BCUT2D eigenvalue weighted by molar-refractivity contribution is 0.0951. The summed E-state index contributed by atoms with van der Waals surface area (Å²) in [6.07, 6.45) is 6.24. The smallest absolute Gasteiger partial charge is 0.410 e. The number of hydrogen-bond acceptors (Lipinski definition) is 7. The van der Waals surface area contributed by atoms with E-state index in [1.54, 1.807) is 17.4 Å². The number of hydrogen-bond donors (Lipinski definition) is 1. The summed E-state index contributed by atoms with van der Waals surface area (Å²) in [6.45, 7) is 3.37. The molecule has 148 valence electrons. The van der Waals surface area contributed by atoms with Crippen LogP contribution in [0, 0.1) is 0 Å². The Bertz CT molecular complexity index is 944. The summed E-state index contributed by atoms with van der Waals surface area (Å²) in [7, 11) is 0. The summed E-state index contributed by atoms with van der Waals surface area (Å²) >= 11 is 2.29. The number of fused-ring (bicyclic) bond motifs is 1. The van der Waals surface area contributed by atoms with Gasteiger partial charge < -0.3 is 14.5 Å². The largest absolute Gasteiger partial charge is 0.467 e. The van der Waals surface area contributed by atoms with Crippen LogP contribution in [0.2, 0.25) is 0 Å². The van der Waals surface area contributed by atoms with E-state index >= 15 is 0 Å². The van der Waals surface area contributed by atoms with Gasteiger partial charge in [0.15, 0.2) is 5.65 Å². The van der Waals surface area contributed by atoms with Gasteiger partial charge in [-0.2, -0.15) is 0 Å². The first-order valence-electron chi connectivity index (χ1n) is 9.18. The van der Waals surface area contributed by atoms with Crippen LogP contribution in [0.5, 0.6) is 0 Å². The number of amides is 1. The van der Waals surface area contributed by atoms with Gasteiger partial charge >= 0.3 is 6.09 Å². The molecule has 10 heteroatoms. The van der Waals surface area contributed by atoms with E-state index in [9.17, 15) is 4.79 Å². The van der Waals surface area contributed by atoms with Gasteiger partial charge in [-0.3, -0.25) is 9.47 Å². The summed E-state index contributed by atoms with van der Waals surface area (Å²) in [6, 6.07) is 3.98. The quantitative estimate of drug-likeness (QED) is 0.329. The Morgan fingerprint density at radius 3 is 3.14 bits per heavy atom. The minimum atomic E-state index is -0.249. The first-order chi connectivity index (χ1) is 13.7. The Morgan fingerprint density at radius 1 is 1.50 bits per heavy atom. The molecule has 28 heavy (non-hydrogen) atoms. The van der Waals surface area contributed by atoms with Gasteiger partial charge in [-0.15, -0.1) is 0 Å². The van der Waals surface area contributed by atoms with E-state index in [-0.39, 0.29) is 16.2 Å². The summed E-state index contributed by atoms with van der Waals surface area (Å²) in [5.41, 5.74) is 1.48. The fourth-order valence-electron chi connectivity index (χ4n) is 3.34. The summed E-state index contributed by atoms with van der Waals surface area (Å²) in [5, 5.41) is 3.53.